The highest BCUT2D eigenvalue weighted by Gasteiger charge is 2.28. The number of carbonyl (C=O) groups is 1. The molecule has 110 valence electrons. The van der Waals surface area contributed by atoms with Crippen molar-refractivity contribution in [3.63, 3.8) is 0 Å². The summed E-state index contributed by atoms with van der Waals surface area (Å²) in [5.74, 6) is 0.575. The topological polar surface area (TPSA) is 44.4 Å². The van der Waals surface area contributed by atoms with Crippen LogP contribution in [-0.4, -0.2) is 44.0 Å². The number of nitrogens with zero attached hydrogens (tertiary/aromatic N) is 1. The molecule has 1 heterocycles. The van der Waals surface area contributed by atoms with Crippen molar-refractivity contribution in [2.75, 3.05) is 27.2 Å². The number of rotatable bonds is 4. The molecule has 4 nitrogen and oxygen atoms in total. The summed E-state index contributed by atoms with van der Waals surface area (Å²) in [6.45, 7) is 4.14. The van der Waals surface area contributed by atoms with Gasteiger partial charge in [-0.05, 0) is 45.1 Å². The molecule has 0 radical (unpaired) electrons. The van der Waals surface area contributed by atoms with Crippen molar-refractivity contribution in [1.82, 2.24) is 15.5 Å². The molecule has 4 heteroatoms. The average molecular weight is 275 g/mol. The van der Waals surface area contributed by atoms with Gasteiger partial charge in [-0.25, -0.2) is 0 Å². The highest BCUT2D eigenvalue weighted by molar-refractivity contribution is 5.83. The standard InChI is InChI=1S/C16H25N3O/c1-12-11-17-10-9-14(12)18-16(20)15(19(2)3)13-7-5-4-6-8-13/h4-8,12,14-15,17H,9-11H2,1-3H3,(H,18,20). The molecule has 0 aromatic heterocycles. The maximum atomic E-state index is 12.6. The van der Waals surface area contributed by atoms with Crippen LogP contribution in [-0.2, 0) is 4.79 Å². The number of likely N-dealkylation sites (N-methyl/N-ethyl adjacent to an activating group) is 1. The molecule has 0 spiro atoms. The summed E-state index contributed by atoms with van der Waals surface area (Å²) in [6.07, 6.45) is 1.00. The Hall–Kier alpha value is -1.39. The third-order valence-electron chi connectivity index (χ3n) is 3.99. The maximum Gasteiger partial charge on any atom is 0.242 e. The number of hydrogen-bond acceptors (Lipinski definition) is 3. The lowest BCUT2D eigenvalue weighted by molar-refractivity contribution is -0.127. The minimum Gasteiger partial charge on any atom is -0.351 e. The Morgan fingerprint density at radius 1 is 1.35 bits per heavy atom. The summed E-state index contributed by atoms with van der Waals surface area (Å²) >= 11 is 0. The zero-order chi connectivity index (χ0) is 14.5. The number of nitrogens with one attached hydrogen (secondary N) is 2. The molecular weight excluding hydrogens is 250 g/mol. The Morgan fingerprint density at radius 3 is 2.65 bits per heavy atom. The molecule has 1 aliphatic rings. The lowest BCUT2D eigenvalue weighted by Gasteiger charge is -2.33. The van der Waals surface area contributed by atoms with Gasteiger partial charge in [0, 0.05) is 6.04 Å². The highest BCUT2D eigenvalue weighted by Crippen LogP contribution is 2.19. The van der Waals surface area contributed by atoms with Crippen LogP contribution in [0, 0.1) is 5.92 Å². The monoisotopic (exact) mass is 275 g/mol. The smallest absolute Gasteiger partial charge is 0.242 e. The first-order valence-electron chi connectivity index (χ1n) is 7.32. The molecule has 1 saturated heterocycles. The molecule has 1 aromatic rings. The fourth-order valence-electron chi connectivity index (χ4n) is 2.81. The summed E-state index contributed by atoms with van der Waals surface area (Å²) in [5, 5.41) is 6.59. The third-order valence-corrected chi connectivity index (χ3v) is 3.99. The average Bonchev–Trinajstić information content (AvgIpc) is 2.42. The predicted molar refractivity (Wildman–Crippen MR) is 81.5 cm³/mol. The zero-order valence-electron chi connectivity index (χ0n) is 12.6. The second-order valence-electron chi connectivity index (χ2n) is 5.86. The summed E-state index contributed by atoms with van der Waals surface area (Å²) in [6, 6.07) is 10.0. The second kappa shape index (κ2) is 6.86. The van der Waals surface area contributed by atoms with E-state index in [2.05, 4.69) is 17.6 Å². The van der Waals surface area contributed by atoms with Gasteiger partial charge in [0.2, 0.25) is 5.91 Å². The number of benzene rings is 1. The van der Waals surface area contributed by atoms with Crippen molar-refractivity contribution in [1.29, 1.82) is 0 Å². The van der Waals surface area contributed by atoms with Crippen molar-refractivity contribution < 1.29 is 4.79 Å². The lowest BCUT2D eigenvalue weighted by Crippen LogP contribution is -2.50. The van der Waals surface area contributed by atoms with Crippen LogP contribution in [0.1, 0.15) is 24.9 Å². The van der Waals surface area contributed by atoms with Crippen molar-refractivity contribution in [2.45, 2.75) is 25.4 Å². The molecule has 1 aliphatic heterocycles. The van der Waals surface area contributed by atoms with E-state index in [1.807, 2.05) is 49.3 Å². The molecule has 2 rings (SSSR count). The molecule has 20 heavy (non-hydrogen) atoms. The molecule has 1 fully saturated rings. The molecule has 0 aliphatic carbocycles. The summed E-state index contributed by atoms with van der Waals surface area (Å²) in [7, 11) is 3.90. The molecule has 1 aromatic carbocycles. The number of amides is 1. The minimum absolute atomic E-state index is 0.0972. The number of piperidine rings is 1. The summed E-state index contributed by atoms with van der Waals surface area (Å²) in [4.78, 5) is 14.6. The Balaban J connectivity index is 2.08. The van der Waals surface area contributed by atoms with Crippen LogP contribution >= 0.6 is 0 Å². The summed E-state index contributed by atoms with van der Waals surface area (Å²) in [5.41, 5.74) is 1.04. The van der Waals surface area contributed by atoms with E-state index < -0.39 is 0 Å². The van der Waals surface area contributed by atoms with Gasteiger partial charge in [0.25, 0.3) is 0 Å². The van der Waals surface area contributed by atoms with Crippen LogP contribution < -0.4 is 10.6 Å². The van der Waals surface area contributed by atoms with E-state index >= 15 is 0 Å². The Kier molecular flexibility index (Phi) is 5.15. The van der Waals surface area contributed by atoms with Gasteiger partial charge in [-0.3, -0.25) is 9.69 Å². The van der Waals surface area contributed by atoms with Crippen molar-refractivity contribution in [3.05, 3.63) is 35.9 Å². The van der Waals surface area contributed by atoms with Crippen LogP contribution in [0.3, 0.4) is 0 Å². The summed E-state index contributed by atoms with van der Waals surface area (Å²) < 4.78 is 0. The zero-order valence-corrected chi connectivity index (χ0v) is 12.6. The Bertz CT molecular complexity index is 433. The molecule has 0 saturated carbocycles. The van der Waals surface area contributed by atoms with Gasteiger partial charge in [-0.15, -0.1) is 0 Å². The second-order valence-corrected chi connectivity index (χ2v) is 5.86. The van der Waals surface area contributed by atoms with E-state index in [1.165, 1.54) is 0 Å². The van der Waals surface area contributed by atoms with E-state index in [0.29, 0.717) is 5.92 Å². The lowest BCUT2D eigenvalue weighted by atomic mass is 9.94. The van der Waals surface area contributed by atoms with Gasteiger partial charge in [-0.2, -0.15) is 0 Å². The quantitative estimate of drug-likeness (QED) is 0.873. The highest BCUT2D eigenvalue weighted by atomic mass is 16.2. The van der Waals surface area contributed by atoms with Crippen LogP contribution in [0.25, 0.3) is 0 Å². The van der Waals surface area contributed by atoms with Crippen LogP contribution in [0.4, 0.5) is 0 Å². The first-order chi connectivity index (χ1) is 9.59. The van der Waals surface area contributed by atoms with Gasteiger partial charge in [0.1, 0.15) is 6.04 Å². The van der Waals surface area contributed by atoms with Gasteiger partial charge in [0.05, 0.1) is 0 Å². The normalized spacial score (nSPS) is 24.4. The first kappa shape index (κ1) is 15.0. The van der Waals surface area contributed by atoms with Gasteiger partial charge in [0.15, 0.2) is 0 Å². The van der Waals surface area contributed by atoms with Crippen LogP contribution in [0.15, 0.2) is 30.3 Å². The van der Waals surface area contributed by atoms with Crippen molar-refractivity contribution in [3.8, 4) is 0 Å². The Morgan fingerprint density at radius 2 is 2.05 bits per heavy atom. The number of hydrogen-bond donors (Lipinski definition) is 2. The van der Waals surface area contributed by atoms with Gasteiger partial charge < -0.3 is 10.6 Å². The molecule has 2 N–H and O–H groups in total. The minimum atomic E-state index is -0.224. The fourth-order valence-corrected chi connectivity index (χ4v) is 2.81. The first-order valence-corrected chi connectivity index (χ1v) is 7.32. The third kappa shape index (κ3) is 3.58. The van der Waals surface area contributed by atoms with E-state index in [9.17, 15) is 4.79 Å². The van der Waals surface area contributed by atoms with Crippen molar-refractivity contribution >= 4 is 5.91 Å². The fraction of sp³-hybridized carbons (Fsp3) is 0.562. The molecular formula is C16H25N3O. The van der Waals surface area contributed by atoms with E-state index in [0.717, 1.165) is 25.1 Å². The van der Waals surface area contributed by atoms with Gasteiger partial charge in [-0.1, -0.05) is 37.3 Å². The number of carbonyl (C=O) groups excluding carboxylic acids is 1. The molecule has 1 amide bonds. The largest absolute Gasteiger partial charge is 0.351 e. The van der Waals surface area contributed by atoms with E-state index in [-0.39, 0.29) is 18.0 Å². The van der Waals surface area contributed by atoms with Crippen LogP contribution in [0.5, 0.6) is 0 Å². The predicted octanol–water partition coefficient (Wildman–Crippen LogP) is 1.40. The SMILES string of the molecule is CC1CNCCC1NC(=O)C(c1ccccc1)N(C)C. The molecule has 0 bridgehead atoms. The van der Waals surface area contributed by atoms with E-state index in [4.69, 9.17) is 0 Å². The molecule has 3 unspecified atom stereocenters. The maximum absolute atomic E-state index is 12.6. The molecule has 3 atom stereocenters. The van der Waals surface area contributed by atoms with Gasteiger partial charge >= 0.3 is 0 Å². The van der Waals surface area contributed by atoms with Crippen LogP contribution in [0.2, 0.25) is 0 Å². The Labute approximate surface area is 121 Å². The van der Waals surface area contributed by atoms with E-state index in [1.54, 1.807) is 0 Å². The van der Waals surface area contributed by atoms with Crippen molar-refractivity contribution in [2.24, 2.45) is 5.92 Å².